The van der Waals surface area contributed by atoms with Crippen molar-refractivity contribution in [1.82, 2.24) is 5.32 Å². The molecule has 2 atom stereocenters. The third-order valence-corrected chi connectivity index (χ3v) is 5.42. The molecule has 4 nitrogen and oxygen atoms in total. The third-order valence-electron chi connectivity index (χ3n) is 4.70. The lowest BCUT2D eigenvalue weighted by molar-refractivity contribution is -0.928. The normalized spacial score (nSPS) is 21.0. The Morgan fingerprint density at radius 2 is 2.26 bits per heavy atom. The van der Waals surface area contributed by atoms with Gasteiger partial charge < -0.3 is 15.0 Å². The first-order valence-corrected chi connectivity index (χ1v) is 9.73. The molecule has 1 heterocycles. The van der Waals surface area contributed by atoms with Crippen LogP contribution in [-0.4, -0.2) is 44.9 Å². The summed E-state index contributed by atoms with van der Waals surface area (Å²) in [5, 5.41) is 3.03. The Morgan fingerprint density at radius 3 is 2.96 bits per heavy atom. The summed E-state index contributed by atoms with van der Waals surface area (Å²) in [6, 6.07) is 6.48. The average molecular weight is 338 g/mol. The Hall–Kier alpha value is -1.20. The summed E-state index contributed by atoms with van der Waals surface area (Å²) in [5.41, 5.74) is 0.615. The summed E-state index contributed by atoms with van der Waals surface area (Å²) < 4.78 is 5.35. The fraction of sp³-hybridized carbons (Fsp3) is 0.611. The van der Waals surface area contributed by atoms with E-state index in [1.165, 1.54) is 25.8 Å². The summed E-state index contributed by atoms with van der Waals surface area (Å²) in [4.78, 5) is 15.1. The minimum Gasteiger partial charge on any atom is -0.496 e. The number of rotatable bonds is 7. The van der Waals surface area contributed by atoms with Crippen LogP contribution in [0, 0.1) is 0 Å². The Bertz CT molecular complexity index is 522. The lowest BCUT2D eigenvalue weighted by Crippen LogP contribution is -3.16. The number of ether oxygens (including phenoxy) is 1. The molecular weight excluding hydrogens is 308 g/mol. The van der Waals surface area contributed by atoms with Crippen LogP contribution in [0.15, 0.2) is 23.1 Å². The number of methoxy groups -OCH3 is 1. The van der Waals surface area contributed by atoms with E-state index in [0.29, 0.717) is 11.3 Å². The fourth-order valence-corrected chi connectivity index (χ4v) is 3.65. The van der Waals surface area contributed by atoms with Gasteiger partial charge in [-0.3, -0.25) is 4.79 Å². The Balaban J connectivity index is 1.80. The van der Waals surface area contributed by atoms with Gasteiger partial charge in [0, 0.05) is 17.9 Å². The van der Waals surface area contributed by atoms with Crippen LogP contribution >= 0.6 is 11.8 Å². The molecular formula is C18H29N2O2S+. The molecule has 1 fully saturated rings. The van der Waals surface area contributed by atoms with Gasteiger partial charge in [0.05, 0.1) is 31.8 Å². The van der Waals surface area contributed by atoms with E-state index in [1.54, 1.807) is 23.8 Å². The first-order valence-electron chi connectivity index (χ1n) is 8.50. The van der Waals surface area contributed by atoms with Crippen molar-refractivity contribution in [2.75, 3.05) is 33.0 Å². The van der Waals surface area contributed by atoms with E-state index in [4.69, 9.17) is 4.74 Å². The molecule has 1 aromatic carbocycles. The number of carbonyl (C=O) groups is 1. The maximum absolute atomic E-state index is 12.3. The van der Waals surface area contributed by atoms with Crippen molar-refractivity contribution in [2.45, 2.75) is 43.5 Å². The highest BCUT2D eigenvalue weighted by Gasteiger charge is 2.21. The van der Waals surface area contributed by atoms with Crippen molar-refractivity contribution in [3.05, 3.63) is 23.8 Å². The number of carbonyl (C=O) groups excluding carboxylic acids is 1. The van der Waals surface area contributed by atoms with Gasteiger partial charge >= 0.3 is 0 Å². The molecule has 0 radical (unpaired) electrons. The molecule has 23 heavy (non-hydrogen) atoms. The number of quaternary nitrogens is 1. The van der Waals surface area contributed by atoms with Crippen LogP contribution in [0.2, 0.25) is 0 Å². The lowest BCUT2D eigenvalue weighted by Gasteiger charge is -2.30. The second-order valence-electron chi connectivity index (χ2n) is 6.23. The molecule has 0 aromatic heterocycles. The Kier molecular flexibility index (Phi) is 7.24. The van der Waals surface area contributed by atoms with Gasteiger partial charge in [-0.15, -0.1) is 11.8 Å². The summed E-state index contributed by atoms with van der Waals surface area (Å²) in [7, 11) is 1.61. The molecule has 1 unspecified atom stereocenters. The van der Waals surface area contributed by atoms with Crippen LogP contribution in [0.1, 0.15) is 43.0 Å². The minimum atomic E-state index is -0.0452. The summed E-state index contributed by atoms with van der Waals surface area (Å²) in [6.07, 6.45) is 7.08. The van der Waals surface area contributed by atoms with E-state index in [9.17, 15) is 4.79 Å². The second kappa shape index (κ2) is 9.18. The number of hydrogen-bond acceptors (Lipinski definition) is 3. The van der Waals surface area contributed by atoms with Crippen LogP contribution in [-0.2, 0) is 0 Å². The van der Waals surface area contributed by atoms with Gasteiger partial charge in [0.15, 0.2) is 0 Å². The molecule has 1 aliphatic rings. The van der Waals surface area contributed by atoms with Crippen molar-refractivity contribution >= 4 is 17.7 Å². The molecule has 1 aromatic rings. The first-order chi connectivity index (χ1) is 11.2. The van der Waals surface area contributed by atoms with Gasteiger partial charge in [-0.25, -0.2) is 0 Å². The summed E-state index contributed by atoms with van der Waals surface area (Å²) in [5.74, 6) is 0.598. The largest absolute Gasteiger partial charge is 0.496 e. The van der Waals surface area contributed by atoms with Gasteiger partial charge in [-0.05, 0) is 50.6 Å². The fourth-order valence-electron chi connectivity index (χ4n) is 3.22. The number of piperidine rings is 1. The zero-order valence-corrected chi connectivity index (χ0v) is 15.3. The molecule has 0 bridgehead atoms. The SMILES string of the molecule is COc1cc(SC)ccc1C(=O)NCCC[NH+]1CCCC[C@@H]1C. The third kappa shape index (κ3) is 5.15. The van der Waals surface area contributed by atoms with Gasteiger partial charge in [-0.2, -0.15) is 0 Å². The molecule has 0 spiro atoms. The molecule has 0 aliphatic carbocycles. The van der Waals surface area contributed by atoms with E-state index in [1.807, 2.05) is 24.5 Å². The zero-order valence-electron chi connectivity index (χ0n) is 14.5. The smallest absolute Gasteiger partial charge is 0.255 e. The Labute approximate surface area is 144 Å². The van der Waals surface area contributed by atoms with Crippen LogP contribution in [0.25, 0.3) is 0 Å². The quantitative estimate of drug-likeness (QED) is 0.591. The molecule has 0 saturated carbocycles. The van der Waals surface area contributed by atoms with Gasteiger partial charge in [0.1, 0.15) is 5.75 Å². The van der Waals surface area contributed by atoms with Crippen molar-refractivity contribution in [3.63, 3.8) is 0 Å². The highest BCUT2D eigenvalue weighted by atomic mass is 32.2. The minimum absolute atomic E-state index is 0.0452. The number of hydrogen-bond donors (Lipinski definition) is 2. The molecule has 2 N–H and O–H groups in total. The number of likely N-dealkylation sites (tertiary alicyclic amines) is 1. The topological polar surface area (TPSA) is 42.8 Å². The molecule has 128 valence electrons. The van der Waals surface area contributed by atoms with Crippen LogP contribution in [0.5, 0.6) is 5.75 Å². The predicted molar refractivity (Wildman–Crippen MR) is 95.7 cm³/mol. The van der Waals surface area contributed by atoms with Crippen molar-refractivity contribution in [3.8, 4) is 5.75 Å². The van der Waals surface area contributed by atoms with Crippen molar-refractivity contribution < 1.29 is 14.4 Å². The molecule has 1 aliphatic heterocycles. The van der Waals surface area contributed by atoms with E-state index < -0.39 is 0 Å². The summed E-state index contributed by atoms with van der Waals surface area (Å²) >= 11 is 1.64. The monoisotopic (exact) mass is 337 g/mol. The van der Waals surface area contributed by atoms with E-state index in [0.717, 1.165) is 30.4 Å². The number of nitrogens with one attached hydrogen (secondary N) is 2. The number of thioether (sulfide) groups is 1. The van der Waals surface area contributed by atoms with Crippen molar-refractivity contribution in [2.24, 2.45) is 0 Å². The highest BCUT2D eigenvalue weighted by molar-refractivity contribution is 7.98. The van der Waals surface area contributed by atoms with E-state index in [-0.39, 0.29) is 5.91 Å². The average Bonchev–Trinajstić information content (AvgIpc) is 2.59. The van der Waals surface area contributed by atoms with Gasteiger partial charge in [0.2, 0.25) is 0 Å². The number of amides is 1. The molecule has 1 saturated heterocycles. The first kappa shape index (κ1) is 18.1. The number of benzene rings is 1. The van der Waals surface area contributed by atoms with Crippen molar-refractivity contribution in [1.29, 1.82) is 0 Å². The molecule has 1 amide bonds. The van der Waals surface area contributed by atoms with Crippen LogP contribution in [0.3, 0.4) is 0 Å². The van der Waals surface area contributed by atoms with Crippen LogP contribution in [0.4, 0.5) is 0 Å². The zero-order chi connectivity index (χ0) is 16.7. The molecule has 5 heteroatoms. The maximum Gasteiger partial charge on any atom is 0.255 e. The van der Waals surface area contributed by atoms with Gasteiger partial charge in [-0.1, -0.05) is 0 Å². The van der Waals surface area contributed by atoms with E-state index >= 15 is 0 Å². The standard InChI is InChI=1S/C18H28N2O2S/c1-14-7-4-5-11-20(14)12-6-10-19-18(21)16-9-8-15(23-3)13-17(16)22-2/h8-9,13-14H,4-7,10-12H2,1-3H3,(H,19,21)/p+1/t14-/m0/s1. The predicted octanol–water partition coefficient (Wildman–Crippen LogP) is 1.99. The lowest BCUT2D eigenvalue weighted by atomic mass is 10.0. The Morgan fingerprint density at radius 1 is 1.43 bits per heavy atom. The molecule has 2 rings (SSSR count). The maximum atomic E-state index is 12.3. The van der Waals surface area contributed by atoms with Gasteiger partial charge in [0.25, 0.3) is 5.91 Å². The second-order valence-corrected chi connectivity index (χ2v) is 7.11. The van der Waals surface area contributed by atoms with E-state index in [2.05, 4.69) is 12.2 Å². The summed E-state index contributed by atoms with van der Waals surface area (Å²) in [6.45, 7) is 5.48. The van der Waals surface area contributed by atoms with Crippen LogP contribution < -0.4 is 15.0 Å². The highest BCUT2D eigenvalue weighted by Crippen LogP contribution is 2.25.